The number of hydrogen-bond acceptors (Lipinski definition) is 4. The fourth-order valence-corrected chi connectivity index (χ4v) is 1.98. The van der Waals surface area contributed by atoms with Crippen LogP contribution in [-0.2, 0) is 4.79 Å². The zero-order chi connectivity index (χ0) is 16.3. The lowest BCUT2D eigenvalue weighted by atomic mass is 10.2. The van der Waals surface area contributed by atoms with Crippen LogP contribution in [0.4, 0.5) is 4.79 Å². The van der Waals surface area contributed by atoms with Crippen LogP contribution in [0, 0.1) is 0 Å². The number of rotatable bonds is 11. The fraction of sp³-hybridized carbons (Fsp3) is 0.857. The summed E-state index contributed by atoms with van der Waals surface area (Å²) < 4.78 is 0. The molecule has 0 bridgehead atoms. The van der Waals surface area contributed by atoms with Crippen molar-refractivity contribution in [3.8, 4) is 0 Å². The summed E-state index contributed by atoms with van der Waals surface area (Å²) in [4.78, 5) is 26.4. The second-order valence-corrected chi connectivity index (χ2v) is 4.83. The largest absolute Gasteiger partial charge is 0.479 e. The van der Waals surface area contributed by atoms with Crippen LogP contribution in [0.15, 0.2) is 0 Å². The Morgan fingerprint density at radius 2 is 1.71 bits per heavy atom. The molecule has 0 spiro atoms. The molecule has 0 saturated heterocycles. The molecule has 1 atom stereocenters. The van der Waals surface area contributed by atoms with Gasteiger partial charge in [0.1, 0.15) is 0 Å². The first-order chi connectivity index (χ1) is 9.96. The van der Waals surface area contributed by atoms with Gasteiger partial charge in [-0.15, -0.1) is 0 Å². The summed E-state index contributed by atoms with van der Waals surface area (Å²) in [5.41, 5.74) is 0. The van der Waals surface area contributed by atoms with E-state index in [4.69, 9.17) is 10.2 Å². The van der Waals surface area contributed by atoms with Crippen LogP contribution in [0.5, 0.6) is 0 Å². The second kappa shape index (κ2) is 11.3. The molecule has 0 aromatic rings. The molecule has 0 aromatic carbocycles. The van der Waals surface area contributed by atoms with Gasteiger partial charge in [0.2, 0.25) is 0 Å². The molecule has 0 saturated carbocycles. The van der Waals surface area contributed by atoms with Crippen molar-refractivity contribution in [3.05, 3.63) is 0 Å². The molecular weight excluding hydrogens is 274 g/mol. The molecular formula is C14H29N3O4. The van der Waals surface area contributed by atoms with Crippen molar-refractivity contribution in [1.29, 1.82) is 0 Å². The zero-order valence-corrected chi connectivity index (χ0v) is 13.3. The topological polar surface area (TPSA) is 93.1 Å². The van der Waals surface area contributed by atoms with E-state index in [0.717, 1.165) is 26.1 Å². The Morgan fingerprint density at radius 3 is 2.19 bits per heavy atom. The quantitative estimate of drug-likeness (QED) is 0.519. The van der Waals surface area contributed by atoms with Crippen LogP contribution in [0.3, 0.4) is 0 Å². The summed E-state index contributed by atoms with van der Waals surface area (Å²) in [6.07, 6.45) is -0.512. The summed E-state index contributed by atoms with van der Waals surface area (Å²) >= 11 is 0. The molecule has 124 valence electrons. The van der Waals surface area contributed by atoms with Crippen molar-refractivity contribution in [2.24, 2.45) is 0 Å². The maximum absolute atomic E-state index is 11.9. The highest BCUT2D eigenvalue weighted by atomic mass is 16.4. The van der Waals surface area contributed by atoms with E-state index in [-0.39, 0.29) is 19.0 Å². The molecule has 0 fully saturated rings. The van der Waals surface area contributed by atoms with Crippen LogP contribution < -0.4 is 5.32 Å². The minimum absolute atomic E-state index is 0.0120. The standard InChI is InChI=1S/C14H29N3O4/c1-4-16(5-2)10-7-11-17(6-3)14(21)15-9-8-12(18)13(19)20/h12,18H,4-11H2,1-3H3,(H,15,21)(H,19,20)/t12-/m0/s1. The number of nitrogens with zero attached hydrogens (tertiary/aromatic N) is 2. The number of urea groups is 1. The highest BCUT2D eigenvalue weighted by molar-refractivity contribution is 5.74. The Morgan fingerprint density at radius 1 is 1.10 bits per heavy atom. The van der Waals surface area contributed by atoms with Gasteiger partial charge in [0.25, 0.3) is 0 Å². The lowest BCUT2D eigenvalue weighted by Gasteiger charge is -2.24. The average Bonchev–Trinajstić information content (AvgIpc) is 2.47. The van der Waals surface area contributed by atoms with Crippen LogP contribution in [0.2, 0.25) is 0 Å². The molecule has 0 heterocycles. The Balaban J connectivity index is 3.99. The lowest BCUT2D eigenvalue weighted by molar-refractivity contribution is -0.146. The lowest BCUT2D eigenvalue weighted by Crippen LogP contribution is -2.42. The predicted molar refractivity (Wildman–Crippen MR) is 81.3 cm³/mol. The summed E-state index contributed by atoms with van der Waals surface area (Å²) in [7, 11) is 0. The minimum Gasteiger partial charge on any atom is -0.479 e. The van der Waals surface area contributed by atoms with Crippen molar-refractivity contribution < 1.29 is 19.8 Å². The first-order valence-electron chi connectivity index (χ1n) is 7.62. The van der Waals surface area contributed by atoms with Gasteiger partial charge in [0.05, 0.1) is 0 Å². The van der Waals surface area contributed by atoms with Crippen molar-refractivity contribution in [2.75, 3.05) is 39.3 Å². The Hall–Kier alpha value is -1.34. The molecule has 0 aliphatic heterocycles. The van der Waals surface area contributed by atoms with Gasteiger partial charge in [-0.2, -0.15) is 0 Å². The fourth-order valence-electron chi connectivity index (χ4n) is 1.98. The van der Waals surface area contributed by atoms with Crippen molar-refractivity contribution >= 4 is 12.0 Å². The first-order valence-corrected chi connectivity index (χ1v) is 7.62. The van der Waals surface area contributed by atoms with E-state index in [1.807, 2.05) is 6.92 Å². The molecule has 0 aliphatic carbocycles. The van der Waals surface area contributed by atoms with E-state index in [0.29, 0.717) is 13.1 Å². The smallest absolute Gasteiger partial charge is 0.332 e. The molecule has 21 heavy (non-hydrogen) atoms. The van der Waals surface area contributed by atoms with Gasteiger partial charge < -0.3 is 25.3 Å². The van der Waals surface area contributed by atoms with Gasteiger partial charge in [-0.3, -0.25) is 0 Å². The molecule has 3 N–H and O–H groups in total. The zero-order valence-electron chi connectivity index (χ0n) is 13.3. The normalized spacial score (nSPS) is 12.2. The molecule has 7 nitrogen and oxygen atoms in total. The number of aliphatic hydroxyl groups is 1. The summed E-state index contributed by atoms with van der Waals surface area (Å²) in [5.74, 6) is -1.27. The predicted octanol–water partition coefficient (Wildman–Crippen LogP) is 0.585. The number of aliphatic hydroxyl groups excluding tert-OH is 1. The minimum atomic E-state index is -1.43. The monoisotopic (exact) mass is 303 g/mol. The summed E-state index contributed by atoms with van der Waals surface area (Å²) in [5, 5.41) is 20.3. The molecule has 7 heteroatoms. The van der Waals surface area contributed by atoms with Crippen LogP contribution in [0.25, 0.3) is 0 Å². The van der Waals surface area contributed by atoms with E-state index in [1.165, 1.54) is 0 Å². The first kappa shape index (κ1) is 19.7. The number of nitrogens with one attached hydrogen (secondary N) is 1. The SMILES string of the molecule is CCN(CC)CCCN(CC)C(=O)NCC[C@H](O)C(=O)O. The maximum atomic E-state index is 11.9. The van der Waals surface area contributed by atoms with Gasteiger partial charge in [-0.1, -0.05) is 13.8 Å². The van der Waals surface area contributed by atoms with Gasteiger partial charge in [0, 0.05) is 26.1 Å². The van der Waals surface area contributed by atoms with Gasteiger partial charge in [-0.05, 0) is 33.0 Å². The number of carbonyl (C=O) groups is 2. The van der Waals surface area contributed by atoms with Crippen molar-refractivity contribution in [2.45, 2.75) is 39.7 Å². The molecule has 0 aromatic heterocycles. The molecule has 0 unspecified atom stereocenters. The Kier molecular flexibility index (Phi) is 10.6. The molecule has 0 aliphatic rings. The maximum Gasteiger partial charge on any atom is 0.332 e. The number of aliphatic carboxylic acids is 1. The summed E-state index contributed by atoms with van der Waals surface area (Å²) in [6, 6.07) is -0.213. The molecule has 0 radical (unpaired) electrons. The van der Waals surface area contributed by atoms with E-state index in [1.54, 1.807) is 4.90 Å². The average molecular weight is 303 g/mol. The highest BCUT2D eigenvalue weighted by Crippen LogP contribution is 1.97. The third kappa shape index (κ3) is 8.52. The van der Waals surface area contributed by atoms with Crippen LogP contribution in [0.1, 0.15) is 33.6 Å². The number of carboxylic acids is 1. The van der Waals surface area contributed by atoms with Crippen molar-refractivity contribution in [1.82, 2.24) is 15.1 Å². The third-order valence-electron chi connectivity index (χ3n) is 3.44. The second-order valence-electron chi connectivity index (χ2n) is 4.83. The van der Waals surface area contributed by atoms with Gasteiger partial charge in [-0.25, -0.2) is 9.59 Å². The number of carbonyl (C=O) groups excluding carboxylic acids is 1. The van der Waals surface area contributed by atoms with E-state index >= 15 is 0 Å². The van der Waals surface area contributed by atoms with E-state index in [2.05, 4.69) is 24.1 Å². The Labute approximate surface area is 126 Å². The highest BCUT2D eigenvalue weighted by Gasteiger charge is 2.15. The number of carboxylic acid groups (broad SMARTS) is 1. The number of amides is 2. The third-order valence-corrected chi connectivity index (χ3v) is 3.44. The van der Waals surface area contributed by atoms with Crippen molar-refractivity contribution in [3.63, 3.8) is 0 Å². The Bertz CT molecular complexity index is 309. The van der Waals surface area contributed by atoms with Crippen LogP contribution in [-0.4, -0.2) is 77.4 Å². The number of hydrogen-bond donors (Lipinski definition) is 3. The van der Waals surface area contributed by atoms with E-state index < -0.39 is 12.1 Å². The van der Waals surface area contributed by atoms with Gasteiger partial charge in [0.15, 0.2) is 6.10 Å². The molecule has 0 rings (SSSR count). The summed E-state index contributed by atoms with van der Waals surface area (Å²) in [6.45, 7) is 10.5. The van der Waals surface area contributed by atoms with E-state index in [9.17, 15) is 9.59 Å². The van der Waals surface area contributed by atoms with Crippen LogP contribution >= 0.6 is 0 Å². The van der Waals surface area contributed by atoms with Gasteiger partial charge >= 0.3 is 12.0 Å². The molecule has 2 amide bonds.